The summed E-state index contributed by atoms with van der Waals surface area (Å²) in [6.07, 6.45) is 0. The molecule has 0 aliphatic carbocycles. The summed E-state index contributed by atoms with van der Waals surface area (Å²) in [5, 5.41) is 11.0. The van der Waals surface area contributed by atoms with Crippen molar-refractivity contribution in [2.24, 2.45) is 0 Å². The Morgan fingerprint density at radius 3 is 2.41 bits per heavy atom. The second-order valence-electron chi connectivity index (χ2n) is 3.63. The topological polar surface area (TPSA) is 57.6 Å². The first-order chi connectivity index (χ1) is 7.70. The standard InChI is InChI=1S/C12H7NO3.Na.H/c14-11-9-6-5-7-3-1-2-4-8(7)10(9)12(15)13(11)16;;/h1-6,16H;;. The molecule has 0 saturated heterocycles. The Hall–Kier alpha value is -1.20. The van der Waals surface area contributed by atoms with Crippen LogP contribution in [0.3, 0.4) is 0 Å². The number of hydroxylamine groups is 2. The van der Waals surface area contributed by atoms with E-state index in [1.54, 1.807) is 24.3 Å². The van der Waals surface area contributed by atoms with Crippen LogP contribution in [-0.4, -0.2) is 51.6 Å². The average Bonchev–Trinajstić information content (AvgIpc) is 2.55. The van der Waals surface area contributed by atoms with Crippen molar-refractivity contribution in [3.63, 3.8) is 0 Å². The Morgan fingerprint density at radius 2 is 1.65 bits per heavy atom. The van der Waals surface area contributed by atoms with Crippen molar-refractivity contribution in [1.82, 2.24) is 5.06 Å². The number of nitrogens with zero attached hydrogens (tertiary/aromatic N) is 1. The molecule has 2 aromatic carbocycles. The summed E-state index contributed by atoms with van der Waals surface area (Å²) >= 11 is 0. The Balaban J connectivity index is 0.00000108. The third-order valence-corrected chi connectivity index (χ3v) is 2.76. The summed E-state index contributed by atoms with van der Waals surface area (Å²) in [6, 6.07) is 10.6. The molecule has 0 bridgehead atoms. The SMILES string of the molecule is O=C1c2ccc3ccccc3c2C(=O)N1O.[NaH]. The van der Waals surface area contributed by atoms with Crippen molar-refractivity contribution >= 4 is 52.1 Å². The van der Waals surface area contributed by atoms with E-state index in [4.69, 9.17) is 0 Å². The number of carbonyl (C=O) groups is 2. The molecule has 0 radical (unpaired) electrons. The molecule has 0 unspecified atom stereocenters. The average molecular weight is 237 g/mol. The first kappa shape index (κ1) is 12.3. The molecule has 0 aromatic heterocycles. The number of hydrogen-bond donors (Lipinski definition) is 1. The molecule has 1 aliphatic heterocycles. The molecule has 0 fully saturated rings. The van der Waals surface area contributed by atoms with Gasteiger partial charge in [-0.3, -0.25) is 14.8 Å². The van der Waals surface area contributed by atoms with Gasteiger partial charge in [-0.25, -0.2) is 0 Å². The van der Waals surface area contributed by atoms with Gasteiger partial charge < -0.3 is 0 Å². The molecule has 1 N–H and O–H groups in total. The van der Waals surface area contributed by atoms with E-state index in [1.807, 2.05) is 12.1 Å². The van der Waals surface area contributed by atoms with Gasteiger partial charge in [-0.05, 0) is 16.8 Å². The van der Waals surface area contributed by atoms with E-state index in [9.17, 15) is 14.8 Å². The van der Waals surface area contributed by atoms with Crippen LogP contribution in [0.25, 0.3) is 10.8 Å². The number of hydrogen-bond acceptors (Lipinski definition) is 3. The molecule has 17 heavy (non-hydrogen) atoms. The number of carbonyl (C=O) groups excluding carboxylic acids is 2. The number of rotatable bonds is 0. The third kappa shape index (κ3) is 1.61. The van der Waals surface area contributed by atoms with Crippen LogP contribution in [0.5, 0.6) is 0 Å². The predicted molar refractivity (Wildman–Crippen MR) is 63.4 cm³/mol. The Morgan fingerprint density at radius 1 is 0.941 bits per heavy atom. The van der Waals surface area contributed by atoms with Gasteiger partial charge in [0.25, 0.3) is 11.8 Å². The van der Waals surface area contributed by atoms with E-state index in [0.29, 0.717) is 5.39 Å². The minimum atomic E-state index is -0.661. The van der Waals surface area contributed by atoms with E-state index < -0.39 is 11.8 Å². The molecule has 0 atom stereocenters. The molecule has 2 amide bonds. The molecule has 3 rings (SSSR count). The second-order valence-corrected chi connectivity index (χ2v) is 3.63. The first-order valence-electron chi connectivity index (χ1n) is 4.79. The molecule has 1 aliphatic rings. The van der Waals surface area contributed by atoms with Gasteiger partial charge in [-0.1, -0.05) is 30.3 Å². The zero-order valence-corrected chi connectivity index (χ0v) is 8.18. The molecule has 5 heteroatoms. The van der Waals surface area contributed by atoms with Gasteiger partial charge in [0.05, 0.1) is 11.1 Å². The van der Waals surface area contributed by atoms with Gasteiger partial charge in [0.2, 0.25) is 0 Å². The fraction of sp³-hybridized carbons (Fsp3) is 0. The van der Waals surface area contributed by atoms with Gasteiger partial charge >= 0.3 is 29.6 Å². The zero-order valence-electron chi connectivity index (χ0n) is 8.18. The Bertz CT molecular complexity index is 639. The molecule has 0 spiro atoms. The fourth-order valence-electron chi connectivity index (χ4n) is 1.99. The van der Waals surface area contributed by atoms with Crippen LogP contribution in [0, 0.1) is 0 Å². The summed E-state index contributed by atoms with van der Waals surface area (Å²) in [4.78, 5) is 23.2. The number of benzene rings is 2. The molecular formula is C12H8NNaO3. The summed E-state index contributed by atoms with van der Waals surface area (Å²) in [7, 11) is 0. The quantitative estimate of drug-likeness (QED) is 0.425. The summed E-state index contributed by atoms with van der Waals surface area (Å²) in [5.41, 5.74) is 0.539. The number of fused-ring (bicyclic) bond motifs is 3. The van der Waals surface area contributed by atoms with E-state index in [-0.39, 0.29) is 45.7 Å². The van der Waals surface area contributed by atoms with Gasteiger partial charge in [0.15, 0.2) is 0 Å². The van der Waals surface area contributed by atoms with Crippen molar-refractivity contribution in [2.45, 2.75) is 0 Å². The van der Waals surface area contributed by atoms with Crippen LogP contribution in [0.15, 0.2) is 36.4 Å². The van der Waals surface area contributed by atoms with Gasteiger partial charge in [-0.15, -0.1) is 5.06 Å². The summed E-state index contributed by atoms with van der Waals surface area (Å²) < 4.78 is 0. The Labute approximate surface area is 119 Å². The van der Waals surface area contributed by atoms with Crippen molar-refractivity contribution in [1.29, 1.82) is 0 Å². The number of amides is 2. The predicted octanol–water partition coefficient (Wildman–Crippen LogP) is 1.18. The van der Waals surface area contributed by atoms with Gasteiger partial charge in [0.1, 0.15) is 0 Å². The summed E-state index contributed by atoms with van der Waals surface area (Å²) in [5.74, 6) is -1.32. The maximum atomic E-state index is 11.7. The maximum absolute atomic E-state index is 11.7. The van der Waals surface area contributed by atoms with E-state index in [1.165, 1.54) is 0 Å². The molecule has 80 valence electrons. The van der Waals surface area contributed by atoms with Crippen molar-refractivity contribution in [3.8, 4) is 0 Å². The number of imide groups is 1. The van der Waals surface area contributed by atoms with E-state index in [0.717, 1.165) is 5.39 Å². The Kier molecular flexibility index (Phi) is 3.05. The summed E-state index contributed by atoms with van der Waals surface area (Å²) in [6.45, 7) is 0. The van der Waals surface area contributed by atoms with Crippen molar-refractivity contribution in [2.75, 3.05) is 0 Å². The zero-order chi connectivity index (χ0) is 11.3. The molecule has 4 nitrogen and oxygen atoms in total. The van der Waals surface area contributed by atoms with Crippen LogP contribution in [0.1, 0.15) is 20.7 Å². The minimum absolute atomic E-state index is 0. The van der Waals surface area contributed by atoms with Crippen LogP contribution in [-0.2, 0) is 0 Å². The normalized spacial score (nSPS) is 13.8. The fourth-order valence-corrected chi connectivity index (χ4v) is 1.99. The molecular weight excluding hydrogens is 229 g/mol. The van der Waals surface area contributed by atoms with Gasteiger partial charge in [-0.2, -0.15) is 0 Å². The second kappa shape index (κ2) is 4.23. The van der Waals surface area contributed by atoms with Crippen molar-refractivity contribution < 1.29 is 14.8 Å². The van der Waals surface area contributed by atoms with Crippen LogP contribution < -0.4 is 0 Å². The molecule has 0 saturated carbocycles. The van der Waals surface area contributed by atoms with Crippen LogP contribution in [0.2, 0.25) is 0 Å². The van der Waals surface area contributed by atoms with E-state index >= 15 is 0 Å². The van der Waals surface area contributed by atoms with Crippen LogP contribution >= 0.6 is 0 Å². The molecule has 2 aromatic rings. The van der Waals surface area contributed by atoms with Crippen molar-refractivity contribution in [3.05, 3.63) is 47.5 Å². The van der Waals surface area contributed by atoms with Gasteiger partial charge in [0, 0.05) is 0 Å². The molecule has 1 heterocycles. The first-order valence-corrected chi connectivity index (χ1v) is 4.79. The third-order valence-electron chi connectivity index (χ3n) is 2.76. The monoisotopic (exact) mass is 237 g/mol. The van der Waals surface area contributed by atoms with Crippen LogP contribution in [0.4, 0.5) is 0 Å². The van der Waals surface area contributed by atoms with E-state index in [2.05, 4.69) is 0 Å².